The monoisotopic (exact) mass is 407 g/mol. The van der Waals surface area contributed by atoms with E-state index in [1.54, 1.807) is 0 Å². The second kappa shape index (κ2) is 11.1. The summed E-state index contributed by atoms with van der Waals surface area (Å²) < 4.78 is 26.7. The minimum atomic E-state index is -1.14. The summed E-state index contributed by atoms with van der Waals surface area (Å²) in [6.07, 6.45) is -4.24. The van der Waals surface area contributed by atoms with Crippen molar-refractivity contribution >= 4 is 35.6 Å². The van der Waals surface area contributed by atoms with Crippen LogP contribution in [0.1, 0.15) is 27.7 Å². The molecule has 0 aromatic rings. The summed E-state index contributed by atoms with van der Waals surface area (Å²) in [7, 11) is 0. The molecule has 11 heteroatoms. The summed E-state index contributed by atoms with van der Waals surface area (Å²) in [4.78, 5) is 45.9. The third kappa shape index (κ3) is 7.73. The van der Waals surface area contributed by atoms with Crippen molar-refractivity contribution in [1.29, 1.82) is 0 Å². The molecule has 0 radical (unpaired) electrons. The van der Waals surface area contributed by atoms with Gasteiger partial charge in [-0.25, -0.2) is 0 Å². The number of ether oxygens (including phenoxy) is 5. The molecule has 1 saturated heterocycles. The zero-order valence-electron chi connectivity index (χ0n) is 15.7. The van der Waals surface area contributed by atoms with E-state index in [0.717, 1.165) is 0 Å². The van der Waals surface area contributed by atoms with E-state index in [4.69, 9.17) is 29.4 Å². The van der Waals surface area contributed by atoms with E-state index in [2.05, 4.69) is 0 Å². The van der Waals surface area contributed by atoms with E-state index < -0.39 is 53.7 Å². The maximum Gasteiger partial charge on any atom is 0.303 e. The van der Waals surface area contributed by atoms with Gasteiger partial charge in [0, 0.05) is 40.0 Å². The highest BCUT2D eigenvalue weighted by Crippen LogP contribution is 2.34. The fourth-order valence-corrected chi connectivity index (χ4v) is 3.50. The Morgan fingerprint density at radius 2 is 1.37 bits per heavy atom. The smallest absolute Gasteiger partial charge is 0.303 e. The summed E-state index contributed by atoms with van der Waals surface area (Å²) in [5.74, 6) is -2.04. The number of carbonyl (C=O) groups excluding carboxylic acids is 4. The van der Waals surface area contributed by atoms with Crippen LogP contribution in [0.2, 0.25) is 0 Å². The van der Waals surface area contributed by atoms with Crippen LogP contribution in [0.15, 0.2) is 0 Å². The lowest BCUT2D eigenvalue weighted by atomic mass is 9.99. The molecular weight excluding hydrogens is 382 g/mol. The van der Waals surface area contributed by atoms with Crippen LogP contribution < -0.4 is 5.73 Å². The predicted octanol–water partition coefficient (Wildman–Crippen LogP) is -0.239. The van der Waals surface area contributed by atoms with Crippen molar-refractivity contribution in [3.05, 3.63) is 0 Å². The summed E-state index contributed by atoms with van der Waals surface area (Å²) in [6, 6.07) is 0. The van der Waals surface area contributed by atoms with Crippen molar-refractivity contribution in [3.63, 3.8) is 0 Å². The first-order chi connectivity index (χ1) is 12.6. The highest BCUT2D eigenvalue weighted by Gasteiger charge is 2.52. The van der Waals surface area contributed by atoms with Gasteiger partial charge in [-0.2, -0.15) is 0 Å². The molecule has 0 saturated carbocycles. The van der Waals surface area contributed by atoms with Crippen LogP contribution in [0.3, 0.4) is 0 Å². The molecule has 0 aromatic heterocycles. The number of rotatable bonds is 8. The Bertz CT molecular complexity index is 556. The Morgan fingerprint density at radius 3 is 1.85 bits per heavy atom. The second-order valence-electron chi connectivity index (χ2n) is 5.73. The fourth-order valence-electron chi connectivity index (χ4n) is 2.51. The predicted molar refractivity (Wildman–Crippen MR) is 93.5 cm³/mol. The summed E-state index contributed by atoms with van der Waals surface area (Å²) in [6.45, 7) is 4.85. The second-order valence-corrected chi connectivity index (χ2v) is 6.93. The van der Waals surface area contributed by atoms with Crippen LogP contribution in [0.5, 0.6) is 0 Å². The van der Waals surface area contributed by atoms with Gasteiger partial charge < -0.3 is 29.4 Å². The van der Waals surface area contributed by atoms with Gasteiger partial charge in [-0.1, -0.05) is 0 Å². The van der Waals surface area contributed by atoms with Gasteiger partial charge in [0.05, 0.1) is 0 Å². The van der Waals surface area contributed by atoms with E-state index in [9.17, 15) is 19.2 Å². The molecule has 1 fully saturated rings. The van der Waals surface area contributed by atoms with E-state index in [1.165, 1.54) is 39.5 Å². The third-order valence-electron chi connectivity index (χ3n) is 3.35. The molecule has 1 rings (SSSR count). The number of hydrogen-bond donors (Lipinski definition) is 1. The lowest BCUT2D eigenvalue weighted by Crippen LogP contribution is -2.61. The van der Waals surface area contributed by atoms with Crippen LogP contribution in [-0.4, -0.2) is 72.6 Å². The normalized spacial score (nSPS) is 27.4. The van der Waals surface area contributed by atoms with Gasteiger partial charge in [0.25, 0.3) is 0 Å². The largest absolute Gasteiger partial charge is 0.463 e. The van der Waals surface area contributed by atoms with E-state index in [0.29, 0.717) is 12.3 Å². The van der Waals surface area contributed by atoms with Gasteiger partial charge in [0.2, 0.25) is 0 Å². The topological polar surface area (TPSA) is 140 Å². The lowest BCUT2D eigenvalue weighted by molar-refractivity contribution is -0.237. The summed E-state index contributed by atoms with van der Waals surface area (Å²) in [5.41, 5.74) is 4.76. The lowest BCUT2D eigenvalue weighted by Gasteiger charge is -2.44. The molecule has 5 atom stereocenters. The zero-order chi connectivity index (χ0) is 20.6. The molecule has 1 aliphatic heterocycles. The van der Waals surface area contributed by atoms with Crippen LogP contribution in [-0.2, 0) is 42.9 Å². The number of thioether (sulfide) groups is 1. The van der Waals surface area contributed by atoms with Crippen molar-refractivity contribution in [3.8, 4) is 0 Å². The highest BCUT2D eigenvalue weighted by molar-refractivity contribution is 7.99. The number of carbonyl (C=O) groups is 4. The van der Waals surface area contributed by atoms with Gasteiger partial charge in [-0.15, -0.1) is 11.8 Å². The first-order valence-corrected chi connectivity index (χ1v) is 9.32. The zero-order valence-corrected chi connectivity index (χ0v) is 16.5. The van der Waals surface area contributed by atoms with Gasteiger partial charge >= 0.3 is 23.9 Å². The van der Waals surface area contributed by atoms with Crippen molar-refractivity contribution < 1.29 is 42.9 Å². The summed E-state index contributed by atoms with van der Waals surface area (Å²) >= 11 is 1.24. The first-order valence-electron chi connectivity index (χ1n) is 8.27. The highest BCUT2D eigenvalue weighted by atomic mass is 32.2. The third-order valence-corrected chi connectivity index (χ3v) is 4.53. The average molecular weight is 407 g/mol. The Hall–Kier alpha value is -1.85. The quantitative estimate of drug-likeness (QED) is 0.421. The molecule has 0 aromatic carbocycles. The standard InChI is InChI=1S/C16H25NO9S/c1-8(18)22-7-12-13(23-9(2)19)14(24-10(3)20)15(25-11(4)21)16(26-12)27-6-5-17/h12-16H,5-7,17H2,1-4H3/t12-,13-,14+,15-,16+/m1/s1. The summed E-state index contributed by atoms with van der Waals surface area (Å²) in [5, 5.41) is 0. The van der Waals surface area contributed by atoms with Gasteiger partial charge in [-0.05, 0) is 0 Å². The molecule has 27 heavy (non-hydrogen) atoms. The van der Waals surface area contributed by atoms with E-state index in [1.807, 2.05) is 0 Å². The molecule has 0 unspecified atom stereocenters. The maximum absolute atomic E-state index is 11.6. The van der Waals surface area contributed by atoms with E-state index >= 15 is 0 Å². The van der Waals surface area contributed by atoms with E-state index in [-0.39, 0.29) is 6.61 Å². The molecule has 0 bridgehead atoms. The Labute approximate surface area is 161 Å². The van der Waals surface area contributed by atoms with Gasteiger partial charge in [-0.3, -0.25) is 19.2 Å². The van der Waals surface area contributed by atoms with Crippen LogP contribution >= 0.6 is 11.8 Å². The van der Waals surface area contributed by atoms with Gasteiger partial charge in [0.15, 0.2) is 18.3 Å². The van der Waals surface area contributed by atoms with Crippen molar-refractivity contribution in [2.45, 2.75) is 57.5 Å². The minimum Gasteiger partial charge on any atom is -0.463 e. The number of nitrogens with two attached hydrogens (primary N) is 1. The molecule has 1 aliphatic rings. The molecule has 0 amide bonds. The Balaban J connectivity index is 3.22. The molecule has 0 spiro atoms. The molecule has 154 valence electrons. The molecule has 2 N–H and O–H groups in total. The van der Waals surface area contributed by atoms with Gasteiger partial charge in [0.1, 0.15) is 18.1 Å². The Morgan fingerprint density at radius 1 is 0.852 bits per heavy atom. The average Bonchev–Trinajstić information content (AvgIpc) is 2.54. The van der Waals surface area contributed by atoms with Crippen molar-refractivity contribution in [2.75, 3.05) is 18.9 Å². The first kappa shape index (κ1) is 23.2. The van der Waals surface area contributed by atoms with Crippen LogP contribution in [0.25, 0.3) is 0 Å². The van der Waals surface area contributed by atoms with Crippen molar-refractivity contribution in [1.82, 2.24) is 0 Å². The van der Waals surface area contributed by atoms with Crippen LogP contribution in [0, 0.1) is 0 Å². The maximum atomic E-state index is 11.6. The van der Waals surface area contributed by atoms with Crippen LogP contribution in [0.4, 0.5) is 0 Å². The molecule has 0 aliphatic carbocycles. The SMILES string of the molecule is CC(=O)OC[C@H]1O[C@@H](SCCN)[C@H](OC(C)=O)[C@@H](OC(C)=O)[C@@H]1OC(C)=O. The molecule has 1 heterocycles. The molecule has 10 nitrogen and oxygen atoms in total. The minimum absolute atomic E-state index is 0.239. The fraction of sp³-hybridized carbons (Fsp3) is 0.750. The number of hydrogen-bond acceptors (Lipinski definition) is 11. The van der Waals surface area contributed by atoms with Crippen molar-refractivity contribution in [2.24, 2.45) is 5.73 Å². The Kier molecular flexibility index (Phi) is 9.53. The number of esters is 4. The molecular formula is C16H25NO9S.